The molecular formula is C26H30FNO5. The van der Waals surface area contributed by atoms with Crippen LogP contribution in [0, 0.1) is 33.5 Å². The van der Waals surface area contributed by atoms with Crippen molar-refractivity contribution in [2.75, 3.05) is 13.7 Å². The Balaban J connectivity index is 1.74. The third kappa shape index (κ3) is 5.79. The summed E-state index contributed by atoms with van der Waals surface area (Å²) in [5, 5.41) is 0. The molecule has 0 spiro atoms. The van der Waals surface area contributed by atoms with Crippen molar-refractivity contribution < 1.29 is 27.8 Å². The van der Waals surface area contributed by atoms with Gasteiger partial charge in [-0.3, -0.25) is 0 Å². The molecule has 0 aliphatic heterocycles. The maximum absolute atomic E-state index is 13.6. The van der Waals surface area contributed by atoms with E-state index in [0.717, 1.165) is 16.7 Å². The van der Waals surface area contributed by atoms with Crippen LogP contribution < -0.4 is 4.74 Å². The third-order valence-electron chi connectivity index (χ3n) is 5.56. The van der Waals surface area contributed by atoms with Gasteiger partial charge in [0.1, 0.15) is 29.6 Å². The molecule has 0 saturated heterocycles. The molecule has 0 aliphatic carbocycles. The lowest BCUT2D eigenvalue weighted by molar-refractivity contribution is -0.153. The number of methoxy groups -OCH3 is 1. The Labute approximate surface area is 193 Å². The SMILES string of the molecule is CCO[C@@H](Cc1c(C)cc(OCc2nc(-c3ccc(F)c(C)c3)oc2C)cc1C)C(=O)OC. The summed E-state index contributed by atoms with van der Waals surface area (Å²) in [7, 11) is 1.36. The van der Waals surface area contributed by atoms with Gasteiger partial charge in [-0.05, 0) is 87.2 Å². The van der Waals surface area contributed by atoms with Gasteiger partial charge in [0, 0.05) is 18.6 Å². The van der Waals surface area contributed by atoms with E-state index < -0.39 is 6.10 Å². The normalized spacial score (nSPS) is 12.0. The summed E-state index contributed by atoms with van der Waals surface area (Å²) in [6.07, 6.45) is -0.211. The number of halogens is 1. The molecular weight excluding hydrogens is 425 g/mol. The molecule has 1 heterocycles. The van der Waals surface area contributed by atoms with Gasteiger partial charge >= 0.3 is 5.97 Å². The second kappa shape index (κ2) is 10.6. The first-order valence-electron chi connectivity index (χ1n) is 10.9. The Morgan fingerprint density at radius 2 is 1.79 bits per heavy atom. The van der Waals surface area contributed by atoms with Crippen LogP contribution in [-0.2, 0) is 27.3 Å². The lowest BCUT2D eigenvalue weighted by Crippen LogP contribution is -2.28. The third-order valence-corrected chi connectivity index (χ3v) is 5.56. The van der Waals surface area contributed by atoms with Gasteiger partial charge in [-0.1, -0.05) is 0 Å². The van der Waals surface area contributed by atoms with Gasteiger partial charge in [0.05, 0.1) is 7.11 Å². The average molecular weight is 456 g/mol. The number of oxazole rings is 1. The van der Waals surface area contributed by atoms with E-state index in [2.05, 4.69) is 4.98 Å². The van der Waals surface area contributed by atoms with E-state index in [1.807, 2.05) is 39.8 Å². The molecule has 3 aromatic rings. The summed E-state index contributed by atoms with van der Waals surface area (Å²) >= 11 is 0. The first-order valence-corrected chi connectivity index (χ1v) is 10.9. The highest BCUT2D eigenvalue weighted by Gasteiger charge is 2.22. The molecule has 0 radical (unpaired) electrons. The van der Waals surface area contributed by atoms with E-state index in [0.29, 0.717) is 47.2 Å². The zero-order chi connectivity index (χ0) is 24.1. The van der Waals surface area contributed by atoms with E-state index in [4.69, 9.17) is 18.6 Å². The Bertz CT molecular complexity index is 1110. The van der Waals surface area contributed by atoms with Gasteiger partial charge in [0.15, 0.2) is 6.10 Å². The highest BCUT2D eigenvalue weighted by atomic mass is 19.1. The summed E-state index contributed by atoms with van der Waals surface area (Å²) in [6, 6.07) is 8.63. The van der Waals surface area contributed by atoms with Gasteiger partial charge in [-0.15, -0.1) is 0 Å². The van der Waals surface area contributed by atoms with Crippen LogP contribution in [0.25, 0.3) is 11.5 Å². The van der Waals surface area contributed by atoms with E-state index in [1.165, 1.54) is 13.2 Å². The lowest BCUT2D eigenvalue weighted by atomic mass is 9.97. The van der Waals surface area contributed by atoms with Crippen molar-refractivity contribution in [3.63, 3.8) is 0 Å². The molecule has 0 amide bonds. The molecule has 0 bridgehead atoms. The maximum atomic E-state index is 13.6. The minimum absolute atomic E-state index is 0.234. The van der Waals surface area contributed by atoms with E-state index in [1.54, 1.807) is 19.1 Å². The van der Waals surface area contributed by atoms with Crippen LogP contribution >= 0.6 is 0 Å². The summed E-state index contributed by atoms with van der Waals surface area (Å²) in [6.45, 7) is 9.99. The molecule has 0 N–H and O–H groups in total. The van der Waals surface area contributed by atoms with E-state index >= 15 is 0 Å². The molecule has 3 rings (SSSR count). The molecule has 2 aromatic carbocycles. The highest BCUT2D eigenvalue weighted by Crippen LogP contribution is 2.27. The first kappa shape index (κ1) is 24.5. The Hall–Kier alpha value is -3.19. The quantitative estimate of drug-likeness (QED) is 0.402. The molecule has 0 aliphatic rings. The fourth-order valence-corrected chi connectivity index (χ4v) is 3.70. The number of hydrogen-bond donors (Lipinski definition) is 0. The predicted octanol–water partition coefficient (Wildman–Crippen LogP) is 5.41. The Morgan fingerprint density at radius 1 is 1.09 bits per heavy atom. The molecule has 176 valence electrons. The van der Waals surface area contributed by atoms with Crippen molar-refractivity contribution in [1.29, 1.82) is 0 Å². The standard InChI is InChI=1S/C26H30FNO5/c1-7-31-24(26(29)30-6)13-21-15(2)11-20(12-16(21)3)32-14-23-18(5)33-25(28-23)19-8-9-22(27)17(4)10-19/h8-12,24H,7,13-14H2,1-6H3/t24-/m0/s1. The fourth-order valence-electron chi connectivity index (χ4n) is 3.70. The van der Waals surface area contributed by atoms with Crippen LogP contribution in [0.1, 0.15) is 40.6 Å². The molecule has 6 nitrogen and oxygen atoms in total. The Morgan fingerprint density at radius 3 is 2.39 bits per heavy atom. The monoisotopic (exact) mass is 455 g/mol. The zero-order valence-electron chi connectivity index (χ0n) is 20.0. The van der Waals surface area contributed by atoms with Crippen LogP contribution in [0.3, 0.4) is 0 Å². The smallest absolute Gasteiger partial charge is 0.335 e. The number of nitrogens with zero attached hydrogens (tertiary/aromatic N) is 1. The van der Waals surface area contributed by atoms with Gasteiger partial charge in [0.2, 0.25) is 5.89 Å². The van der Waals surface area contributed by atoms with Crippen LogP contribution in [-0.4, -0.2) is 30.8 Å². The van der Waals surface area contributed by atoms with E-state index in [-0.39, 0.29) is 18.4 Å². The number of carbonyl (C=O) groups is 1. The fraction of sp³-hybridized carbons (Fsp3) is 0.385. The predicted molar refractivity (Wildman–Crippen MR) is 123 cm³/mol. The number of hydrogen-bond acceptors (Lipinski definition) is 6. The first-order chi connectivity index (χ1) is 15.7. The van der Waals surface area contributed by atoms with Gasteiger partial charge < -0.3 is 18.6 Å². The summed E-state index contributed by atoms with van der Waals surface area (Å²) < 4.78 is 35.8. The summed E-state index contributed by atoms with van der Waals surface area (Å²) in [5.74, 6) is 1.13. The van der Waals surface area contributed by atoms with Gasteiger partial charge in [-0.2, -0.15) is 0 Å². The summed E-state index contributed by atoms with van der Waals surface area (Å²) in [4.78, 5) is 16.6. The van der Waals surface area contributed by atoms with Gasteiger partial charge in [-0.25, -0.2) is 14.2 Å². The number of esters is 1. The number of aromatic nitrogens is 1. The van der Waals surface area contributed by atoms with Crippen LogP contribution in [0.5, 0.6) is 5.75 Å². The molecule has 7 heteroatoms. The van der Waals surface area contributed by atoms with Crippen molar-refractivity contribution >= 4 is 5.97 Å². The Kier molecular flexibility index (Phi) is 7.87. The van der Waals surface area contributed by atoms with Crippen molar-refractivity contribution in [2.45, 2.75) is 53.8 Å². The number of rotatable bonds is 9. The van der Waals surface area contributed by atoms with Gasteiger partial charge in [0.25, 0.3) is 0 Å². The zero-order valence-corrected chi connectivity index (χ0v) is 20.0. The minimum atomic E-state index is -0.643. The molecule has 0 unspecified atom stereocenters. The van der Waals surface area contributed by atoms with Crippen molar-refractivity contribution in [3.8, 4) is 17.2 Å². The maximum Gasteiger partial charge on any atom is 0.335 e. The molecule has 33 heavy (non-hydrogen) atoms. The highest BCUT2D eigenvalue weighted by molar-refractivity contribution is 5.75. The lowest BCUT2D eigenvalue weighted by Gasteiger charge is -2.18. The van der Waals surface area contributed by atoms with Crippen LogP contribution in [0.15, 0.2) is 34.7 Å². The summed E-state index contributed by atoms with van der Waals surface area (Å²) in [5.41, 5.74) is 4.95. The largest absolute Gasteiger partial charge is 0.487 e. The van der Waals surface area contributed by atoms with Crippen LogP contribution in [0.2, 0.25) is 0 Å². The molecule has 1 atom stereocenters. The van der Waals surface area contributed by atoms with Crippen LogP contribution in [0.4, 0.5) is 4.39 Å². The second-order valence-electron chi connectivity index (χ2n) is 7.98. The second-order valence-corrected chi connectivity index (χ2v) is 7.98. The molecule has 0 saturated carbocycles. The van der Waals surface area contributed by atoms with Crippen molar-refractivity contribution in [1.82, 2.24) is 4.98 Å². The number of ether oxygens (including phenoxy) is 3. The minimum Gasteiger partial charge on any atom is -0.487 e. The average Bonchev–Trinajstić information content (AvgIpc) is 3.15. The molecule has 1 aromatic heterocycles. The number of carbonyl (C=O) groups excluding carboxylic acids is 1. The number of benzene rings is 2. The molecule has 0 fully saturated rings. The van der Waals surface area contributed by atoms with Crippen molar-refractivity contribution in [3.05, 3.63) is 69.9 Å². The van der Waals surface area contributed by atoms with E-state index in [9.17, 15) is 9.18 Å². The van der Waals surface area contributed by atoms with Crippen molar-refractivity contribution in [2.24, 2.45) is 0 Å². The topological polar surface area (TPSA) is 70.8 Å². The number of aryl methyl sites for hydroxylation is 4.